The smallest absolute Gasteiger partial charge is 0.0294 e. The molecular weight excluding hydrogens is 322 g/mol. The topological polar surface area (TPSA) is 12.0 Å². The average Bonchev–Trinajstić information content (AvgIpc) is 2.44. The number of hydrogen-bond donors (Lipinski definition) is 1. The lowest BCUT2D eigenvalue weighted by Crippen LogP contribution is -2.30. The van der Waals surface area contributed by atoms with E-state index in [1.807, 2.05) is 0 Å². The van der Waals surface area contributed by atoms with E-state index in [0.29, 0.717) is 12.1 Å². The summed E-state index contributed by atoms with van der Waals surface area (Å²) in [6.07, 6.45) is 1.04. The van der Waals surface area contributed by atoms with Gasteiger partial charge in [-0.1, -0.05) is 46.3 Å². The number of benzene rings is 2. The van der Waals surface area contributed by atoms with Crippen molar-refractivity contribution in [1.82, 2.24) is 5.32 Å². The zero-order valence-electron chi connectivity index (χ0n) is 13.3. The monoisotopic (exact) mass is 345 g/mol. The third-order valence-corrected chi connectivity index (χ3v) is 4.55. The van der Waals surface area contributed by atoms with Crippen molar-refractivity contribution in [1.29, 1.82) is 0 Å². The Bertz CT molecular complexity index is 589. The largest absolute Gasteiger partial charge is 0.307 e. The molecule has 0 bridgehead atoms. The van der Waals surface area contributed by atoms with Crippen LogP contribution in [0.5, 0.6) is 0 Å². The molecule has 0 spiro atoms. The van der Waals surface area contributed by atoms with Gasteiger partial charge in [-0.15, -0.1) is 0 Å². The molecule has 0 aromatic heterocycles. The third kappa shape index (κ3) is 4.69. The minimum Gasteiger partial charge on any atom is -0.307 e. The maximum atomic E-state index is 3.69. The molecule has 0 radical (unpaired) electrons. The normalized spacial score (nSPS) is 14.0. The summed E-state index contributed by atoms with van der Waals surface area (Å²) in [4.78, 5) is 0. The molecule has 0 saturated heterocycles. The van der Waals surface area contributed by atoms with E-state index in [4.69, 9.17) is 0 Å². The number of rotatable bonds is 5. The van der Waals surface area contributed by atoms with Crippen LogP contribution in [0, 0.1) is 13.8 Å². The summed E-state index contributed by atoms with van der Waals surface area (Å²) in [5.41, 5.74) is 5.45. The molecule has 0 aliphatic heterocycles. The Balaban J connectivity index is 1.96. The zero-order valence-corrected chi connectivity index (χ0v) is 14.9. The van der Waals surface area contributed by atoms with Crippen LogP contribution in [0.1, 0.15) is 42.1 Å². The highest BCUT2D eigenvalue weighted by Crippen LogP contribution is 2.18. The molecule has 21 heavy (non-hydrogen) atoms. The molecule has 0 fully saturated rings. The molecule has 0 amide bonds. The average molecular weight is 346 g/mol. The van der Waals surface area contributed by atoms with Crippen molar-refractivity contribution in [3.63, 3.8) is 0 Å². The van der Waals surface area contributed by atoms with Crippen molar-refractivity contribution in [2.75, 3.05) is 0 Å². The van der Waals surface area contributed by atoms with Crippen LogP contribution >= 0.6 is 15.9 Å². The van der Waals surface area contributed by atoms with Crippen molar-refractivity contribution >= 4 is 15.9 Å². The van der Waals surface area contributed by atoms with Crippen molar-refractivity contribution < 1.29 is 0 Å². The summed E-state index contributed by atoms with van der Waals surface area (Å²) >= 11 is 3.48. The van der Waals surface area contributed by atoms with Gasteiger partial charge in [-0.05, 0) is 68.5 Å². The molecule has 0 aliphatic rings. The first-order chi connectivity index (χ1) is 9.95. The molecule has 0 aliphatic carbocycles. The predicted octanol–water partition coefficient (Wildman–Crippen LogP) is 5.35. The quantitative estimate of drug-likeness (QED) is 0.770. The van der Waals surface area contributed by atoms with Gasteiger partial charge in [-0.25, -0.2) is 0 Å². The molecule has 2 rings (SSSR count). The van der Waals surface area contributed by atoms with Crippen LogP contribution in [0.15, 0.2) is 46.9 Å². The molecule has 1 nitrogen and oxygen atoms in total. The van der Waals surface area contributed by atoms with Crippen LogP contribution in [0.4, 0.5) is 0 Å². The lowest BCUT2D eigenvalue weighted by atomic mass is 10.0. The van der Waals surface area contributed by atoms with Gasteiger partial charge in [0.15, 0.2) is 0 Å². The Labute approximate surface area is 136 Å². The Kier molecular flexibility index (Phi) is 5.60. The Morgan fingerprint density at radius 3 is 2.24 bits per heavy atom. The van der Waals surface area contributed by atoms with Crippen molar-refractivity contribution in [2.45, 2.75) is 46.2 Å². The van der Waals surface area contributed by atoms with E-state index in [1.165, 1.54) is 22.3 Å². The fourth-order valence-electron chi connectivity index (χ4n) is 2.59. The summed E-state index contributed by atoms with van der Waals surface area (Å²) in [7, 11) is 0. The summed E-state index contributed by atoms with van der Waals surface area (Å²) < 4.78 is 1.13. The van der Waals surface area contributed by atoms with Gasteiger partial charge in [0.1, 0.15) is 0 Å². The van der Waals surface area contributed by atoms with Gasteiger partial charge in [0.25, 0.3) is 0 Å². The van der Waals surface area contributed by atoms with Gasteiger partial charge >= 0.3 is 0 Å². The highest BCUT2D eigenvalue weighted by molar-refractivity contribution is 9.10. The molecule has 1 N–H and O–H groups in total. The standard InChI is InChI=1S/C19H24BrN/c1-13-5-8-18(11-14(13)2)16(4)21-15(3)12-17-6-9-19(20)10-7-17/h5-11,15-16,21H,12H2,1-4H3. The van der Waals surface area contributed by atoms with E-state index in [9.17, 15) is 0 Å². The first-order valence-corrected chi connectivity index (χ1v) is 8.32. The fraction of sp³-hybridized carbons (Fsp3) is 0.368. The summed E-state index contributed by atoms with van der Waals surface area (Å²) in [5, 5.41) is 3.69. The van der Waals surface area contributed by atoms with Crippen LogP contribution in [0.2, 0.25) is 0 Å². The molecule has 0 heterocycles. The van der Waals surface area contributed by atoms with Gasteiger partial charge in [-0.2, -0.15) is 0 Å². The first-order valence-electron chi connectivity index (χ1n) is 7.53. The maximum Gasteiger partial charge on any atom is 0.0294 e. The minimum atomic E-state index is 0.370. The van der Waals surface area contributed by atoms with Crippen LogP contribution in [-0.2, 0) is 6.42 Å². The lowest BCUT2D eigenvalue weighted by Gasteiger charge is -2.21. The summed E-state index contributed by atoms with van der Waals surface area (Å²) in [6, 6.07) is 16.1. The van der Waals surface area contributed by atoms with E-state index in [2.05, 4.69) is 91.4 Å². The van der Waals surface area contributed by atoms with Crippen LogP contribution in [0.3, 0.4) is 0 Å². The van der Waals surface area contributed by atoms with E-state index in [-0.39, 0.29) is 0 Å². The molecule has 2 unspecified atom stereocenters. The number of nitrogens with one attached hydrogen (secondary N) is 1. The van der Waals surface area contributed by atoms with Crippen molar-refractivity contribution in [2.24, 2.45) is 0 Å². The molecule has 2 aromatic carbocycles. The Hall–Kier alpha value is -1.12. The zero-order chi connectivity index (χ0) is 15.4. The molecule has 2 atom stereocenters. The molecule has 0 saturated carbocycles. The highest BCUT2D eigenvalue weighted by Gasteiger charge is 2.10. The van der Waals surface area contributed by atoms with Gasteiger partial charge in [0.05, 0.1) is 0 Å². The fourth-order valence-corrected chi connectivity index (χ4v) is 2.85. The minimum absolute atomic E-state index is 0.370. The predicted molar refractivity (Wildman–Crippen MR) is 94.8 cm³/mol. The summed E-state index contributed by atoms with van der Waals surface area (Å²) in [6.45, 7) is 8.83. The Morgan fingerprint density at radius 2 is 1.62 bits per heavy atom. The maximum absolute atomic E-state index is 3.69. The molecule has 2 aromatic rings. The second kappa shape index (κ2) is 7.24. The molecule has 112 valence electrons. The second-order valence-electron chi connectivity index (χ2n) is 5.96. The van der Waals surface area contributed by atoms with Crippen LogP contribution < -0.4 is 5.32 Å². The third-order valence-electron chi connectivity index (χ3n) is 4.02. The highest BCUT2D eigenvalue weighted by atomic mass is 79.9. The van der Waals surface area contributed by atoms with Gasteiger partial charge < -0.3 is 5.32 Å². The summed E-state index contributed by atoms with van der Waals surface area (Å²) in [5.74, 6) is 0. The Morgan fingerprint density at radius 1 is 0.952 bits per heavy atom. The molecular formula is C19H24BrN. The van der Waals surface area contributed by atoms with Gasteiger partial charge in [-0.3, -0.25) is 0 Å². The number of aryl methyl sites for hydroxylation is 2. The first kappa shape index (κ1) is 16.3. The lowest BCUT2D eigenvalue weighted by molar-refractivity contribution is 0.477. The van der Waals surface area contributed by atoms with Gasteiger partial charge in [0.2, 0.25) is 0 Å². The van der Waals surface area contributed by atoms with E-state index in [0.717, 1.165) is 10.9 Å². The van der Waals surface area contributed by atoms with E-state index >= 15 is 0 Å². The molecule has 2 heteroatoms. The van der Waals surface area contributed by atoms with Crippen LogP contribution in [0.25, 0.3) is 0 Å². The van der Waals surface area contributed by atoms with Gasteiger partial charge in [0, 0.05) is 16.6 Å². The SMILES string of the molecule is Cc1ccc(C(C)NC(C)Cc2ccc(Br)cc2)cc1C. The van der Waals surface area contributed by atoms with Crippen LogP contribution in [-0.4, -0.2) is 6.04 Å². The second-order valence-corrected chi connectivity index (χ2v) is 6.88. The number of halogens is 1. The van der Waals surface area contributed by atoms with Crippen molar-refractivity contribution in [3.8, 4) is 0 Å². The van der Waals surface area contributed by atoms with Crippen molar-refractivity contribution in [3.05, 3.63) is 69.2 Å². The van der Waals surface area contributed by atoms with E-state index < -0.39 is 0 Å². The van der Waals surface area contributed by atoms with E-state index in [1.54, 1.807) is 0 Å². The number of hydrogen-bond acceptors (Lipinski definition) is 1.